The smallest absolute Gasteiger partial charge is 0.287 e. The molecule has 0 radical (unpaired) electrons. The molecule has 1 N–H and O–H groups in total. The van der Waals surface area contributed by atoms with E-state index in [-0.39, 0.29) is 5.91 Å². The van der Waals surface area contributed by atoms with Crippen molar-refractivity contribution in [2.45, 2.75) is 19.9 Å². The molecule has 1 heterocycles. The molecule has 1 aromatic carbocycles. The minimum Gasteiger partial charge on any atom is -0.493 e. The highest BCUT2D eigenvalue weighted by Crippen LogP contribution is 2.33. The molecule has 0 saturated carbocycles. The predicted octanol–water partition coefficient (Wildman–Crippen LogP) is 3.26. The number of rotatable bonds is 7. The SMILES string of the molecule is C=CCc1cc(CNC(=O)c2occc2C)cc(OC)c1OC. The average molecular weight is 315 g/mol. The Kier molecular flexibility index (Phi) is 5.46. The van der Waals surface area contributed by atoms with E-state index in [0.717, 1.165) is 16.7 Å². The zero-order valence-corrected chi connectivity index (χ0v) is 13.6. The molecule has 0 bridgehead atoms. The van der Waals surface area contributed by atoms with Crippen LogP contribution in [0.25, 0.3) is 0 Å². The molecule has 0 atom stereocenters. The number of ether oxygens (including phenoxy) is 2. The third kappa shape index (κ3) is 3.74. The summed E-state index contributed by atoms with van der Waals surface area (Å²) in [6.07, 6.45) is 3.95. The van der Waals surface area contributed by atoms with Gasteiger partial charge in [0.2, 0.25) is 0 Å². The normalized spacial score (nSPS) is 10.2. The van der Waals surface area contributed by atoms with Crippen LogP contribution in [0, 0.1) is 6.92 Å². The Labute approximate surface area is 135 Å². The van der Waals surface area contributed by atoms with Crippen LogP contribution in [0.3, 0.4) is 0 Å². The molecule has 0 spiro atoms. The van der Waals surface area contributed by atoms with Crippen molar-refractivity contribution in [2.24, 2.45) is 0 Å². The average Bonchev–Trinajstić information content (AvgIpc) is 2.98. The highest BCUT2D eigenvalue weighted by atomic mass is 16.5. The number of hydrogen-bond donors (Lipinski definition) is 1. The van der Waals surface area contributed by atoms with Crippen molar-refractivity contribution in [1.29, 1.82) is 0 Å². The van der Waals surface area contributed by atoms with Gasteiger partial charge in [-0.3, -0.25) is 4.79 Å². The van der Waals surface area contributed by atoms with Crippen molar-refractivity contribution in [3.8, 4) is 11.5 Å². The molecule has 2 rings (SSSR count). The lowest BCUT2D eigenvalue weighted by atomic mass is 10.1. The summed E-state index contributed by atoms with van der Waals surface area (Å²) in [5, 5.41) is 2.85. The molecule has 0 aliphatic heterocycles. The van der Waals surface area contributed by atoms with Gasteiger partial charge in [0.05, 0.1) is 20.5 Å². The van der Waals surface area contributed by atoms with Crippen LogP contribution < -0.4 is 14.8 Å². The Morgan fingerprint density at radius 3 is 2.70 bits per heavy atom. The molecule has 2 aromatic rings. The van der Waals surface area contributed by atoms with Gasteiger partial charge in [-0.1, -0.05) is 6.08 Å². The van der Waals surface area contributed by atoms with Gasteiger partial charge in [-0.2, -0.15) is 0 Å². The third-order valence-corrected chi connectivity index (χ3v) is 3.50. The maximum atomic E-state index is 12.1. The maximum absolute atomic E-state index is 12.1. The lowest BCUT2D eigenvalue weighted by molar-refractivity contribution is 0.0922. The molecule has 0 unspecified atom stereocenters. The Morgan fingerprint density at radius 1 is 1.35 bits per heavy atom. The predicted molar refractivity (Wildman–Crippen MR) is 88.1 cm³/mol. The van der Waals surface area contributed by atoms with Gasteiger partial charge < -0.3 is 19.2 Å². The van der Waals surface area contributed by atoms with Crippen LogP contribution in [0.1, 0.15) is 27.2 Å². The molecule has 5 heteroatoms. The van der Waals surface area contributed by atoms with E-state index in [9.17, 15) is 4.79 Å². The Balaban J connectivity index is 2.19. The van der Waals surface area contributed by atoms with Crippen molar-refractivity contribution in [2.75, 3.05) is 14.2 Å². The lowest BCUT2D eigenvalue weighted by Crippen LogP contribution is -2.23. The molecule has 5 nitrogen and oxygen atoms in total. The fourth-order valence-corrected chi connectivity index (χ4v) is 2.38. The first-order valence-corrected chi connectivity index (χ1v) is 7.27. The molecule has 122 valence electrons. The van der Waals surface area contributed by atoms with Gasteiger partial charge in [0.15, 0.2) is 17.3 Å². The van der Waals surface area contributed by atoms with E-state index in [1.165, 1.54) is 6.26 Å². The van der Waals surface area contributed by atoms with Crippen molar-refractivity contribution in [3.05, 3.63) is 59.6 Å². The first kappa shape index (κ1) is 16.7. The zero-order valence-electron chi connectivity index (χ0n) is 13.6. The summed E-state index contributed by atoms with van der Waals surface area (Å²) in [5.74, 6) is 1.40. The maximum Gasteiger partial charge on any atom is 0.287 e. The number of nitrogens with one attached hydrogen (secondary N) is 1. The standard InChI is InChI=1S/C18H21NO4/c1-5-6-14-9-13(10-15(21-3)17(14)22-4)11-19-18(20)16-12(2)7-8-23-16/h5,7-10H,1,6,11H2,2-4H3,(H,19,20). The number of hydrogen-bond acceptors (Lipinski definition) is 4. The van der Waals surface area contributed by atoms with E-state index in [1.54, 1.807) is 26.4 Å². The summed E-state index contributed by atoms with van der Waals surface area (Å²) in [5.41, 5.74) is 2.68. The van der Waals surface area contributed by atoms with Gasteiger partial charge in [-0.25, -0.2) is 0 Å². The molecular weight excluding hydrogens is 294 g/mol. The highest BCUT2D eigenvalue weighted by Gasteiger charge is 2.14. The van der Waals surface area contributed by atoms with Gasteiger partial charge in [0.1, 0.15) is 0 Å². The number of aryl methyl sites for hydroxylation is 1. The van der Waals surface area contributed by atoms with Crippen molar-refractivity contribution in [3.63, 3.8) is 0 Å². The summed E-state index contributed by atoms with van der Waals surface area (Å²) in [6.45, 7) is 5.95. The molecule has 23 heavy (non-hydrogen) atoms. The van der Waals surface area contributed by atoms with Crippen molar-refractivity contribution in [1.82, 2.24) is 5.32 Å². The molecule has 1 amide bonds. The first-order valence-electron chi connectivity index (χ1n) is 7.27. The van der Waals surface area contributed by atoms with Crippen molar-refractivity contribution < 1.29 is 18.7 Å². The molecule has 0 aliphatic rings. The van der Waals surface area contributed by atoms with Gasteiger partial charge in [0.25, 0.3) is 5.91 Å². The van der Waals surface area contributed by atoms with Crippen molar-refractivity contribution >= 4 is 5.91 Å². The number of methoxy groups -OCH3 is 2. The summed E-state index contributed by atoms with van der Waals surface area (Å²) in [6, 6.07) is 5.58. The van der Waals surface area contributed by atoms with Gasteiger partial charge in [-0.05, 0) is 37.1 Å². The minimum atomic E-state index is -0.243. The third-order valence-electron chi connectivity index (χ3n) is 3.50. The fourth-order valence-electron chi connectivity index (χ4n) is 2.38. The second kappa shape index (κ2) is 7.54. The fraction of sp³-hybridized carbons (Fsp3) is 0.278. The number of carbonyl (C=O) groups excluding carboxylic acids is 1. The van der Waals surface area contributed by atoms with Gasteiger partial charge >= 0.3 is 0 Å². The largest absolute Gasteiger partial charge is 0.493 e. The van der Waals surface area contributed by atoms with E-state index in [0.29, 0.717) is 30.2 Å². The molecule has 1 aromatic heterocycles. The molecular formula is C18H21NO4. The summed E-state index contributed by atoms with van der Waals surface area (Å²) >= 11 is 0. The van der Waals surface area contributed by atoms with Crippen LogP contribution in [0.2, 0.25) is 0 Å². The number of allylic oxidation sites excluding steroid dienone is 1. The van der Waals surface area contributed by atoms with Crippen LogP contribution >= 0.6 is 0 Å². The quantitative estimate of drug-likeness (QED) is 0.797. The van der Waals surface area contributed by atoms with Crippen LogP contribution in [0.5, 0.6) is 11.5 Å². The van der Waals surface area contributed by atoms with Crippen LogP contribution in [0.4, 0.5) is 0 Å². The van der Waals surface area contributed by atoms with E-state index in [1.807, 2.05) is 19.1 Å². The highest BCUT2D eigenvalue weighted by molar-refractivity contribution is 5.92. The Bertz CT molecular complexity index is 703. The van der Waals surface area contributed by atoms with Crippen LogP contribution in [0.15, 0.2) is 41.5 Å². The summed E-state index contributed by atoms with van der Waals surface area (Å²) < 4.78 is 16.0. The van der Waals surface area contributed by atoms with Gasteiger partial charge in [-0.15, -0.1) is 6.58 Å². The molecule has 0 aliphatic carbocycles. The molecule has 0 fully saturated rings. The van der Waals surface area contributed by atoms with E-state index >= 15 is 0 Å². The monoisotopic (exact) mass is 315 g/mol. The number of benzene rings is 1. The van der Waals surface area contributed by atoms with E-state index in [2.05, 4.69) is 11.9 Å². The molecule has 0 saturated heterocycles. The first-order chi connectivity index (χ1) is 11.1. The van der Waals surface area contributed by atoms with Gasteiger partial charge in [0, 0.05) is 17.7 Å². The summed E-state index contributed by atoms with van der Waals surface area (Å²) in [7, 11) is 3.19. The van der Waals surface area contributed by atoms with Crippen LogP contribution in [-0.4, -0.2) is 20.1 Å². The van der Waals surface area contributed by atoms with Crippen LogP contribution in [-0.2, 0) is 13.0 Å². The lowest BCUT2D eigenvalue weighted by Gasteiger charge is -2.14. The van der Waals surface area contributed by atoms with E-state index < -0.39 is 0 Å². The number of amides is 1. The topological polar surface area (TPSA) is 60.7 Å². The Morgan fingerprint density at radius 2 is 2.13 bits per heavy atom. The summed E-state index contributed by atoms with van der Waals surface area (Å²) in [4.78, 5) is 12.1. The number of carbonyl (C=O) groups is 1. The van der Waals surface area contributed by atoms with E-state index in [4.69, 9.17) is 13.9 Å². The zero-order chi connectivity index (χ0) is 16.8. The second-order valence-electron chi connectivity index (χ2n) is 5.10. The minimum absolute atomic E-state index is 0.243. The second-order valence-corrected chi connectivity index (χ2v) is 5.10. The Hall–Kier alpha value is -2.69. The number of furan rings is 1.